The second kappa shape index (κ2) is 15.1. The molecule has 0 unspecified atom stereocenters. The van der Waals surface area contributed by atoms with Crippen molar-refractivity contribution < 1.29 is 24.0 Å². The number of unbranched alkanes of at least 4 members (excludes halogenated alkanes) is 1. The number of amides is 5. The van der Waals surface area contributed by atoms with Gasteiger partial charge in [0, 0.05) is 30.1 Å². The lowest BCUT2D eigenvalue weighted by Gasteiger charge is -2.33. The summed E-state index contributed by atoms with van der Waals surface area (Å²) in [5.74, 6) is -2.25. The lowest BCUT2D eigenvalue weighted by atomic mass is 9.85. The fourth-order valence-corrected chi connectivity index (χ4v) is 6.40. The smallest absolute Gasteiger partial charge is 0.245 e. The summed E-state index contributed by atoms with van der Waals surface area (Å²) in [4.78, 5) is 74.3. The molecule has 0 bridgehead atoms. The largest absolute Gasteiger partial charge is 0.361 e. The molecule has 1 aromatic heterocycles. The Hall–Kier alpha value is -3.93. The molecular weight excluding hydrogens is 586 g/mol. The van der Waals surface area contributed by atoms with Crippen LogP contribution in [0.1, 0.15) is 78.7 Å². The molecule has 2 aliphatic rings. The average molecular weight is 638 g/mol. The summed E-state index contributed by atoms with van der Waals surface area (Å²) in [6.45, 7) is 10.2. The van der Waals surface area contributed by atoms with E-state index in [2.05, 4.69) is 26.3 Å². The van der Waals surface area contributed by atoms with E-state index >= 15 is 0 Å². The van der Waals surface area contributed by atoms with E-state index in [-0.39, 0.29) is 18.2 Å². The van der Waals surface area contributed by atoms with Crippen LogP contribution >= 0.6 is 0 Å². The molecule has 2 aromatic rings. The SMILES string of the molecule is CC(C)C[C@@H]1NC(=O)[C@H](C(C)(C)C)NC(=O)[C@H](Cc2c[nH]c3ccccc23)NC(=O)[C@@H]2CCCN2C(=O)[C@H](CCCCN)NC1=O. The Morgan fingerprint density at radius 2 is 1.54 bits per heavy atom. The highest BCUT2D eigenvalue weighted by Gasteiger charge is 2.42. The van der Waals surface area contributed by atoms with Crippen molar-refractivity contribution in [3.8, 4) is 0 Å². The minimum Gasteiger partial charge on any atom is -0.361 e. The Bertz CT molecular complexity index is 1410. The number of hydrogen-bond donors (Lipinski definition) is 6. The Labute approximate surface area is 271 Å². The first-order valence-corrected chi connectivity index (χ1v) is 16.6. The van der Waals surface area contributed by atoms with Crippen LogP contribution in [0, 0.1) is 11.3 Å². The molecule has 0 radical (unpaired) electrons. The molecule has 12 heteroatoms. The van der Waals surface area contributed by atoms with E-state index in [1.807, 2.05) is 65.1 Å². The van der Waals surface area contributed by atoms with E-state index in [4.69, 9.17) is 5.73 Å². The fraction of sp³-hybridized carbons (Fsp3) is 0.618. The van der Waals surface area contributed by atoms with Gasteiger partial charge in [0.15, 0.2) is 0 Å². The highest BCUT2D eigenvalue weighted by molar-refractivity contribution is 5.98. The molecule has 252 valence electrons. The maximum Gasteiger partial charge on any atom is 0.245 e. The maximum atomic E-state index is 14.1. The van der Waals surface area contributed by atoms with Gasteiger partial charge in [-0.15, -0.1) is 0 Å². The number of nitrogens with two attached hydrogens (primary N) is 1. The van der Waals surface area contributed by atoms with Crippen LogP contribution in [0.5, 0.6) is 0 Å². The summed E-state index contributed by atoms with van der Waals surface area (Å²) in [7, 11) is 0. The van der Waals surface area contributed by atoms with Gasteiger partial charge in [0.25, 0.3) is 0 Å². The van der Waals surface area contributed by atoms with Gasteiger partial charge in [-0.05, 0) is 68.0 Å². The van der Waals surface area contributed by atoms with Crippen LogP contribution < -0.4 is 27.0 Å². The number of nitrogens with zero attached hydrogens (tertiary/aromatic N) is 1. The number of para-hydroxylation sites is 1. The molecule has 5 amide bonds. The van der Waals surface area contributed by atoms with Gasteiger partial charge < -0.3 is 36.9 Å². The highest BCUT2D eigenvalue weighted by atomic mass is 16.2. The highest BCUT2D eigenvalue weighted by Crippen LogP contribution is 2.24. The van der Waals surface area contributed by atoms with E-state index < -0.39 is 59.3 Å². The number of nitrogens with one attached hydrogen (secondary N) is 5. The number of carbonyl (C=O) groups is 5. The van der Waals surface area contributed by atoms with E-state index in [0.717, 1.165) is 16.5 Å². The van der Waals surface area contributed by atoms with Crippen LogP contribution in [-0.4, -0.2) is 82.7 Å². The van der Waals surface area contributed by atoms with Crippen molar-refractivity contribution in [2.75, 3.05) is 13.1 Å². The number of rotatable bonds is 8. The lowest BCUT2D eigenvalue weighted by Crippen LogP contribution is -2.61. The van der Waals surface area contributed by atoms with E-state index in [1.165, 1.54) is 4.90 Å². The van der Waals surface area contributed by atoms with E-state index in [9.17, 15) is 24.0 Å². The quantitative estimate of drug-likeness (QED) is 0.241. The molecule has 0 spiro atoms. The van der Waals surface area contributed by atoms with Gasteiger partial charge in [0.05, 0.1) is 0 Å². The van der Waals surface area contributed by atoms with Crippen LogP contribution in [0.4, 0.5) is 0 Å². The summed E-state index contributed by atoms with van der Waals surface area (Å²) >= 11 is 0. The second-order valence-electron chi connectivity index (χ2n) is 14.2. The van der Waals surface area contributed by atoms with Crippen molar-refractivity contribution in [1.82, 2.24) is 31.2 Å². The van der Waals surface area contributed by atoms with Gasteiger partial charge in [0.2, 0.25) is 29.5 Å². The Balaban J connectivity index is 1.75. The molecular formula is C34H51N7O5. The van der Waals surface area contributed by atoms with E-state index in [0.29, 0.717) is 51.6 Å². The number of H-pyrrole nitrogens is 1. The van der Waals surface area contributed by atoms with Crippen molar-refractivity contribution >= 4 is 40.4 Å². The molecule has 0 aliphatic carbocycles. The monoisotopic (exact) mass is 637 g/mol. The summed E-state index contributed by atoms with van der Waals surface area (Å²) < 4.78 is 0. The molecule has 2 aliphatic heterocycles. The zero-order valence-corrected chi connectivity index (χ0v) is 27.8. The molecule has 1 aromatic carbocycles. The molecule has 4 rings (SSSR count). The number of benzene rings is 1. The van der Waals surface area contributed by atoms with Gasteiger partial charge in [-0.3, -0.25) is 24.0 Å². The first kappa shape index (κ1) is 34.9. The summed E-state index contributed by atoms with van der Waals surface area (Å²) in [5, 5.41) is 12.6. The summed E-state index contributed by atoms with van der Waals surface area (Å²) in [6.07, 6.45) is 5.00. The molecule has 3 heterocycles. The topological polar surface area (TPSA) is 179 Å². The maximum absolute atomic E-state index is 14.1. The van der Waals surface area contributed by atoms with Crippen molar-refractivity contribution in [2.45, 2.75) is 110 Å². The first-order valence-electron chi connectivity index (χ1n) is 16.6. The standard InChI is InChI=1S/C34H51N7O5/c1-20(2)17-25-29(42)37-24(13-8-9-15-35)33(46)41-16-10-14-27(41)31(44)38-26(18-21-19-36-23-12-7-6-11-22(21)23)30(43)40-28(32(45)39-25)34(3,4)5/h6-7,11-12,19-20,24-28,36H,8-10,13-18,35H2,1-5H3,(H,37,42)(H,38,44)(H,39,45)(H,40,43)/t24-,25-,26-,27-,28+/m0/s1. The number of carbonyl (C=O) groups excluding carboxylic acids is 5. The minimum atomic E-state index is -1.03. The van der Waals surface area contributed by atoms with Gasteiger partial charge >= 0.3 is 0 Å². The molecule has 46 heavy (non-hydrogen) atoms. The third kappa shape index (κ3) is 8.45. The van der Waals surface area contributed by atoms with Crippen LogP contribution in [0.3, 0.4) is 0 Å². The molecule has 5 atom stereocenters. The number of aromatic amines is 1. The number of hydrogen-bond acceptors (Lipinski definition) is 6. The predicted octanol–water partition coefficient (Wildman–Crippen LogP) is 1.88. The summed E-state index contributed by atoms with van der Waals surface area (Å²) in [5.41, 5.74) is 6.72. The Morgan fingerprint density at radius 3 is 2.24 bits per heavy atom. The van der Waals surface area contributed by atoms with Gasteiger partial charge in [-0.25, -0.2) is 0 Å². The van der Waals surface area contributed by atoms with Crippen LogP contribution in [0.2, 0.25) is 0 Å². The number of fused-ring (bicyclic) bond motifs is 2. The first-order chi connectivity index (χ1) is 21.8. The molecule has 2 fully saturated rings. The van der Waals surface area contributed by atoms with Crippen LogP contribution in [-0.2, 0) is 30.4 Å². The van der Waals surface area contributed by atoms with Gasteiger partial charge in [-0.2, -0.15) is 0 Å². The fourth-order valence-electron chi connectivity index (χ4n) is 6.40. The average Bonchev–Trinajstić information content (AvgIpc) is 3.65. The van der Waals surface area contributed by atoms with E-state index in [1.54, 1.807) is 0 Å². The molecule has 7 N–H and O–H groups in total. The molecule has 0 saturated carbocycles. The van der Waals surface area contributed by atoms with Crippen LogP contribution in [0.25, 0.3) is 10.9 Å². The molecule has 12 nitrogen and oxygen atoms in total. The zero-order valence-electron chi connectivity index (χ0n) is 27.8. The summed E-state index contributed by atoms with van der Waals surface area (Å²) in [6, 6.07) is 3.04. The van der Waals surface area contributed by atoms with Crippen molar-refractivity contribution in [3.05, 3.63) is 36.0 Å². The zero-order chi connectivity index (χ0) is 33.6. The Kier molecular flexibility index (Phi) is 11.5. The Morgan fingerprint density at radius 1 is 0.870 bits per heavy atom. The van der Waals surface area contributed by atoms with Crippen molar-refractivity contribution in [2.24, 2.45) is 17.1 Å². The van der Waals surface area contributed by atoms with Gasteiger partial charge in [0.1, 0.15) is 30.2 Å². The normalized spacial score (nSPS) is 25.4. The predicted molar refractivity (Wildman–Crippen MR) is 176 cm³/mol. The van der Waals surface area contributed by atoms with Crippen molar-refractivity contribution in [3.63, 3.8) is 0 Å². The lowest BCUT2D eigenvalue weighted by molar-refractivity contribution is -0.142. The second-order valence-corrected chi connectivity index (χ2v) is 14.2. The molecule has 2 saturated heterocycles. The third-order valence-corrected chi connectivity index (χ3v) is 8.89. The third-order valence-electron chi connectivity index (χ3n) is 8.89. The minimum absolute atomic E-state index is 0.0533. The number of aromatic nitrogens is 1. The van der Waals surface area contributed by atoms with Gasteiger partial charge in [-0.1, -0.05) is 52.8 Å². The van der Waals surface area contributed by atoms with Crippen LogP contribution in [0.15, 0.2) is 30.5 Å². The van der Waals surface area contributed by atoms with Crippen molar-refractivity contribution in [1.29, 1.82) is 0 Å².